The fraction of sp³-hybridized carbons (Fsp3) is 0.515. The molecule has 47 heavy (non-hydrogen) atoms. The third-order valence-corrected chi connectivity index (χ3v) is 9.59. The van der Waals surface area contributed by atoms with Crippen LogP contribution in [0.2, 0.25) is 5.02 Å². The molecule has 2 aromatic carbocycles. The van der Waals surface area contributed by atoms with Gasteiger partial charge in [0.05, 0.1) is 24.8 Å². The van der Waals surface area contributed by atoms with Crippen LogP contribution in [0.1, 0.15) is 48.3 Å². The molecule has 3 aliphatic rings. The molecule has 7 nitrogen and oxygen atoms in total. The molecule has 3 aromatic rings. The lowest BCUT2D eigenvalue weighted by atomic mass is 9.99. The molecule has 1 saturated carbocycles. The Morgan fingerprint density at radius 2 is 1.70 bits per heavy atom. The van der Waals surface area contributed by atoms with Gasteiger partial charge in [-0.3, -0.25) is 9.58 Å². The molecule has 2 aliphatic heterocycles. The van der Waals surface area contributed by atoms with Crippen molar-refractivity contribution in [1.29, 1.82) is 0 Å². The monoisotopic (exact) mass is 683 g/mol. The molecule has 0 spiro atoms. The Morgan fingerprint density at radius 3 is 2.34 bits per heavy atom. The average Bonchev–Trinajstić information content (AvgIpc) is 3.67. The van der Waals surface area contributed by atoms with Crippen molar-refractivity contribution in [2.24, 2.45) is 11.8 Å². The number of piperidine rings is 1. The SMILES string of the molecule is CCOC(=O)c1cnn(C2CCCN(c3cc(Cl)ccc3-c3ccc(N4CCN(CC5CC5C(F)(F)F)CC4)cc3)C2)c1C(F)(F)F. The molecular formula is C33H36ClF6N5O2. The van der Waals surface area contributed by atoms with Crippen LogP contribution in [-0.4, -0.2) is 79.2 Å². The lowest BCUT2D eigenvalue weighted by Gasteiger charge is -2.37. The highest BCUT2D eigenvalue weighted by Gasteiger charge is 2.55. The van der Waals surface area contributed by atoms with Gasteiger partial charge in [-0.2, -0.15) is 31.4 Å². The molecule has 0 amide bonds. The van der Waals surface area contributed by atoms with Crippen molar-refractivity contribution in [2.75, 3.05) is 62.2 Å². The lowest BCUT2D eigenvalue weighted by molar-refractivity contribution is -0.151. The molecule has 0 N–H and O–H groups in total. The molecule has 0 bridgehead atoms. The summed E-state index contributed by atoms with van der Waals surface area (Å²) in [4.78, 5) is 18.7. The normalized spacial score (nSPS) is 22.4. The number of nitrogens with zero attached hydrogens (tertiary/aromatic N) is 5. The summed E-state index contributed by atoms with van der Waals surface area (Å²) in [7, 11) is 0. The first-order valence-corrected chi connectivity index (χ1v) is 16.2. The Morgan fingerprint density at radius 1 is 0.979 bits per heavy atom. The summed E-state index contributed by atoms with van der Waals surface area (Å²) in [6.45, 7) is 5.63. The molecular weight excluding hydrogens is 648 g/mol. The molecule has 6 rings (SSSR count). The Balaban J connectivity index is 1.16. The number of anilines is 2. The van der Waals surface area contributed by atoms with Crippen LogP contribution in [0.25, 0.3) is 11.1 Å². The highest BCUT2D eigenvalue weighted by atomic mass is 35.5. The number of piperazine rings is 1. The van der Waals surface area contributed by atoms with Crippen LogP contribution in [0, 0.1) is 11.8 Å². The smallest absolute Gasteiger partial charge is 0.433 e. The fourth-order valence-corrected chi connectivity index (χ4v) is 7.05. The van der Waals surface area contributed by atoms with Crippen molar-refractivity contribution in [2.45, 2.75) is 44.6 Å². The van der Waals surface area contributed by atoms with E-state index in [1.165, 1.54) is 6.92 Å². The minimum atomic E-state index is -4.80. The van der Waals surface area contributed by atoms with Crippen molar-refractivity contribution in [3.63, 3.8) is 0 Å². The number of benzene rings is 2. The van der Waals surface area contributed by atoms with E-state index in [0.29, 0.717) is 44.0 Å². The maximum absolute atomic E-state index is 14.2. The van der Waals surface area contributed by atoms with E-state index >= 15 is 0 Å². The van der Waals surface area contributed by atoms with E-state index in [-0.39, 0.29) is 25.5 Å². The number of aromatic nitrogens is 2. The molecule has 3 unspecified atom stereocenters. The van der Waals surface area contributed by atoms with Crippen molar-refractivity contribution in [3.8, 4) is 11.1 Å². The van der Waals surface area contributed by atoms with Crippen molar-refractivity contribution >= 4 is 28.9 Å². The van der Waals surface area contributed by atoms with E-state index in [1.54, 1.807) is 6.07 Å². The molecule has 3 heterocycles. The third kappa shape index (κ3) is 7.35. The molecule has 14 heteroatoms. The molecule has 254 valence electrons. The predicted molar refractivity (Wildman–Crippen MR) is 167 cm³/mol. The largest absolute Gasteiger partial charge is 0.462 e. The van der Waals surface area contributed by atoms with Crippen LogP contribution in [0.3, 0.4) is 0 Å². The second kappa shape index (κ2) is 13.2. The summed E-state index contributed by atoms with van der Waals surface area (Å²) in [5, 5.41) is 4.51. The first-order valence-electron chi connectivity index (χ1n) is 15.8. The summed E-state index contributed by atoms with van der Waals surface area (Å²) < 4.78 is 87.2. The van der Waals surface area contributed by atoms with Crippen LogP contribution in [-0.2, 0) is 10.9 Å². The van der Waals surface area contributed by atoms with Gasteiger partial charge in [0.25, 0.3) is 0 Å². The predicted octanol–water partition coefficient (Wildman–Crippen LogP) is 7.56. The summed E-state index contributed by atoms with van der Waals surface area (Å²) in [5.41, 5.74) is 1.87. The molecule has 1 aromatic heterocycles. The number of carbonyl (C=O) groups excluding carboxylic acids is 1. The highest BCUT2D eigenvalue weighted by molar-refractivity contribution is 6.31. The van der Waals surface area contributed by atoms with Gasteiger partial charge in [-0.1, -0.05) is 29.8 Å². The van der Waals surface area contributed by atoms with E-state index in [2.05, 4.69) is 14.9 Å². The number of rotatable bonds is 8. The van der Waals surface area contributed by atoms with Gasteiger partial charge in [0.15, 0.2) is 5.69 Å². The van der Waals surface area contributed by atoms with Crippen LogP contribution >= 0.6 is 11.6 Å². The van der Waals surface area contributed by atoms with Crippen LogP contribution in [0.15, 0.2) is 48.7 Å². The molecule has 3 fully saturated rings. The quantitative estimate of drug-likeness (QED) is 0.181. The number of hydrogen-bond donors (Lipinski definition) is 0. The first kappa shape index (κ1) is 33.5. The lowest BCUT2D eigenvalue weighted by Crippen LogP contribution is -2.47. The van der Waals surface area contributed by atoms with E-state index in [9.17, 15) is 31.1 Å². The number of carbonyl (C=O) groups is 1. The topological polar surface area (TPSA) is 53.8 Å². The Bertz CT molecular complexity index is 1570. The van der Waals surface area contributed by atoms with Gasteiger partial charge in [-0.15, -0.1) is 0 Å². The Kier molecular flexibility index (Phi) is 9.41. The van der Waals surface area contributed by atoms with Gasteiger partial charge in [0.1, 0.15) is 5.56 Å². The molecule has 3 atom stereocenters. The number of esters is 1. The molecule has 2 saturated heterocycles. The number of alkyl halides is 6. The Labute approximate surface area is 274 Å². The van der Waals surface area contributed by atoms with Crippen molar-refractivity contribution in [3.05, 3.63) is 64.9 Å². The zero-order valence-electron chi connectivity index (χ0n) is 25.8. The summed E-state index contributed by atoms with van der Waals surface area (Å²) in [6, 6.07) is 12.9. The van der Waals surface area contributed by atoms with Crippen molar-refractivity contribution < 1.29 is 35.9 Å². The standard InChI is InChI=1S/C33H36ClF6N5O2/c1-2-47-31(46)27-18-41-45(30(27)33(38,39)40)25-4-3-11-44(20-25)29-17-23(34)7-10-26(29)21-5-8-24(9-6-21)43-14-12-42(13-15-43)19-22-16-28(22)32(35,36)37/h5-10,17-18,22,25,28H,2-4,11-16,19-20H2,1H3. The average molecular weight is 684 g/mol. The van der Waals surface area contributed by atoms with E-state index in [1.807, 2.05) is 41.3 Å². The number of halogens is 7. The van der Waals surface area contributed by atoms with E-state index in [4.69, 9.17) is 16.3 Å². The number of ether oxygens (including phenoxy) is 1. The number of hydrogen-bond acceptors (Lipinski definition) is 6. The zero-order chi connectivity index (χ0) is 33.5. The van der Waals surface area contributed by atoms with E-state index in [0.717, 1.165) is 46.5 Å². The van der Waals surface area contributed by atoms with Gasteiger partial charge in [0, 0.05) is 67.8 Å². The van der Waals surface area contributed by atoms with Gasteiger partial charge in [-0.05, 0) is 61.9 Å². The fourth-order valence-electron chi connectivity index (χ4n) is 6.89. The van der Waals surface area contributed by atoms with Gasteiger partial charge < -0.3 is 14.5 Å². The minimum Gasteiger partial charge on any atom is -0.462 e. The van der Waals surface area contributed by atoms with Crippen LogP contribution in [0.4, 0.5) is 37.7 Å². The summed E-state index contributed by atoms with van der Waals surface area (Å²) in [6.07, 6.45) is -6.69. The zero-order valence-corrected chi connectivity index (χ0v) is 26.6. The van der Waals surface area contributed by atoms with Gasteiger partial charge in [-0.25, -0.2) is 4.79 Å². The van der Waals surface area contributed by atoms with Crippen LogP contribution < -0.4 is 9.80 Å². The Hall–Kier alpha value is -3.45. The summed E-state index contributed by atoms with van der Waals surface area (Å²) >= 11 is 6.42. The second-order valence-corrected chi connectivity index (χ2v) is 12.9. The van der Waals surface area contributed by atoms with Gasteiger partial charge >= 0.3 is 18.3 Å². The third-order valence-electron chi connectivity index (χ3n) is 9.35. The molecule has 0 radical (unpaired) electrons. The summed E-state index contributed by atoms with van der Waals surface area (Å²) in [5.74, 6) is -2.51. The highest BCUT2D eigenvalue weighted by Crippen LogP contribution is 2.50. The van der Waals surface area contributed by atoms with Crippen LogP contribution in [0.5, 0.6) is 0 Å². The second-order valence-electron chi connectivity index (χ2n) is 12.5. The van der Waals surface area contributed by atoms with Gasteiger partial charge in [0.2, 0.25) is 0 Å². The maximum atomic E-state index is 14.2. The van der Waals surface area contributed by atoms with E-state index < -0.39 is 41.5 Å². The molecule has 1 aliphatic carbocycles. The minimum absolute atomic E-state index is 0.0528. The first-order chi connectivity index (χ1) is 22.3. The van der Waals surface area contributed by atoms with Crippen molar-refractivity contribution in [1.82, 2.24) is 14.7 Å². The maximum Gasteiger partial charge on any atom is 0.433 e.